The largest absolute Gasteiger partial charge is 0.456 e. The third kappa shape index (κ3) is 5.23. The van der Waals surface area contributed by atoms with Gasteiger partial charge in [0, 0.05) is 27.5 Å². The van der Waals surface area contributed by atoms with Crippen LogP contribution in [0.2, 0.25) is 0 Å². The van der Waals surface area contributed by atoms with Gasteiger partial charge < -0.3 is 4.42 Å². The summed E-state index contributed by atoms with van der Waals surface area (Å²) in [7, 11) is 0. The highest BCUT2D eigenvalue weighted by atomic mass is 16.3. The summed E-state index contributed by atoms with van der Waals surface area (Å²) < 4.78 is 6.24. The number of hydrogen-bond donors (Lipinski definition) is 0. The molecule has 3 heteroatoms. The Labute approximate surface area is 347 Å². The predicted octanol–water partition coefficient (Wildman–Crippen LogP) is 14.6. The van der Waals surface area contributed by atoms with Crippen molar-refractivity contribution in [3.8, 4) is 56.2 Å². The van der Waals surface area contributed by atoms with E-state index in [1.807, 2.05) is 18.2 Å². The van der Waals surface area contributed by atoms with Gasteiger partial charge in [-0.25, -0.2) is 9.97 Å². The van der Waals surface area contributed by atoms with Crippen LogP contribution >= 0.6 is 0 Å². The first-order chi connectivity index (χ1) is 29.7. The Kier molecular flexibility index (Phi) is 7.76. The number of aromatic nitrogens is 2. The Morgan fingerprint density at radius 2 is 0.950 bits per heavy atom. The Morgan fingerprint density at radius 3 is 1.77 bits per heavy atom. The zero-order valence-corrected chi connectivity index (χ0v) is 32.6. The molecule has 0 saturated carbocycles. The highest BCUT2D eigenvalue weighted by molar-refractivity contribution is 6.12. The molecule has 2 aromatic heterocycles. The van der Waals surface area contributed by atoms with E-state index in [1.54, 1.807) is 0 Å². The van der Waals surface area contributed by atoms with Gasteiger partial charge in [-0.2, -0.15) is 0 Å². The van der Waals surface area contributed by atoms with Gasteiger partial charge >= 0.3 is 0 Å². The van der Waals surface area contributed by atoms with Crippen molar-refractivity contribution in [2.24, 2.45) is 0 Å². The Bertz CT molecular complexity index is 3380. The first-order valence-corrected chi connectivity index (χ1v) is 20.5. The fourth-order valence-electron chi connectivity index (χ4n) is 9.73. The first kappa shape index (κ1) is 34.2. The Balaban J connectivity index is 1.07. The standard InChI is InChI=1S/C57H36N2O/c1-3-17-42(18-4-1)57(43-19-5-2-6-20-43)48-25-11-9-21-45(48)54-46(24-13-26-49(54)57)51-36-50(58-56(59-51)41-34-29-37-15-7-8-16-40(37)35-41)39-32-30-38(31-33-39)44-23-14-28-53-55(44)47-22-10-12-27-52(47)60-53/h1-36H. The van der Waals surface area contributed by atoms with Crippen LogP contribution in [0.4, 0.5) is 0 Å². The minimum absolute atomic E-state index is 0.513. The van der Waals surface area contributed by atoms with Crippen LogP contribution in [0.3, 0.4) is 0 Å². The fourth-order valence-corrected chi connectivity index (χ4v) is 9.73. The lowest BCUT2D eigenvalue weighted by molar-refractivity contribution is 0.669. The smallest absolute Gasteiger partial charge is 0.160 e. The molecule has 2 heterocycles. The first-order valence-electron chi connectivity index (χ1n) is 20.5. The topological polar surface area (TPSA) is 38.9 Å². The maximum absolute atomic E-state index is 6.24. The fraction of sp³-hybridized carbons (Fsp3) is 0.0175. The molecule has 0 spiro atoms. The SMILES string of the molecule is c1ccc(C2(c3ccccc3)c3ccccc3-c3c(-c4cc(-c5ccc(-c6cccc7oc8ccccc8c67)cc5)nc(-c5ccc6ccccc6c5)n4)cccc32)cc1. The van der Waals surface area contributed by atoms with Crippen molar-refractivity contribution in [3.05, 3.63) is 241 Å². The summed E-state index contributed by atoms with van der Waals surface area (Å²) in [4.78, 5) is 10.8. The van der Waals surface area contributed by atoms with Gasteiger partial charge in [0.25, 0.3) is 0 Å². The van der Waals surface area contributed by atoms with Gasteiger partial charge in [0.1, 0.15) is 11.2 Å². The van der Waals surface area contributed by atoms with E-state index in [4.69, 9.17) is 14.4 Å². The average Bonchev–Trinajstić information content (AvgIpc) is 3.86. The van der Waals surface area contributed by atoms with Gasteiger partial charge in [0.2, 0.25) is 0 Å². The van der Waals surface area contributed by atoms with Crippen LogP contribution in [0.1, 0.15) is 22.3 Å². The molecular formula is C57H36N2O. The van der Waals surface area contributed by atoms with E-state index in [9.17, 15) is 0 Å². The monoisotopic (exact) mass is 764 g/mol. The molecule has 1 aliphatic rings. The van der Waals surface area contributed by atoms with Crippen molar-refractivity contribution in [2.45, 2.75) is 5.41 Å². The molecule has 1 aliphatic carbocycles. The van der Waals surface area contributed by atoms with Gasteiger partial charge in [0.15, 0.2) is 5.82 Å². The lowest BCUT2D eigenvalue weighted by atomic mass is 9.67. The molecule has 280 valence electrons. The summed E-state index contributed by atoms with van der Waals surface area (Å²) in [6, 6.07) is 78.0. The van der Waals surface area contributed by atoms with E-state index in [-0.39, 0.29) is 0 Å². The molecule has 0 radical (unpaired) electrons. The van der Waals surface area contributed by atoms with E-state index in [0.29, 0.717) is 5.82 Å². The molecule has 0 amide bonds. The summed E-state index contributed by atoms with van der Waals surface area (Å²) in [5.74, 6) is 0.688. The van der Waals surface area contributed by atoms with Crippen LogP contribution in [0.25, 0.3) is 88.9 Å². The summed E-state index contributed by atoms with van der Waals surface area (Å²) in [5, 5.41) is 4.59. The van der Waals surface area contributed by atoms with Gasteiger partial charge in [-0.1, -0.05) is 194 Å². The highest BCUT2D eigenvalue weighted by Gasteiger charge is 2.46. The van der Waals surface area contributed by atoms with E-state index < -0.39 is 5.41 Å². The van der Waals surface area contributed by atoms with E-state index in [0.717, 1.165) is 66.5 Å². The minimum atomic E-state index is -0.513. The van der Waals surface area contributed by atoms with Crippen LogP contribution < -0.4 is 0 Å². The maximum atomic E-state index is 6.24. The van der Waals surface area contributed by atoms with Crippen LogP contribution in [-0.2, 0) is 5.41 Å². The van der Waals surface area contributed by atoms with Gasteiger partial charge in [-0.15, -0.1) is 0 Å². The molecule has 12 rings (SSSR count). The quantitative estimate of drug-likeness (QED) is 0.169. The van der Waals surface area contributed by atoms with Crippen LogP contribution in [0.15, 0.2) is 223 Å². The molecule has 0 fully saturated rings. The number of rotatable bonds is 6. The summed E-state index contributed by atoms with van der Waals surface area (Å²) >= 11 is 0. The van der Waals surface area contributed by atoms with Crippen LogP contribution in [0.5, 0.6) is 0 Å². The summed E-state index contributed by atoms with van der Waals surface area (Å²) in [5.41, 5.74) is 15.7. The summed E-state index contributed by atoms with van der Waals surface area (Å²) in [6.45, 7) is 0. The van der Waals surface area contributed by atoms with Crippen molar-refractivity contribution >= 4 is 32.7 Å². The van der Waals surface area contributed by atoms with E-state index >= 15 is 0 Å². The van der Waals surface area contributed by atoms with E-state index in [1.165, 1.54) is 38.8 Å². The van der Waals surface area contributed by atoms with Crippen molar-refractivity contribution in [1.82, 2.24) is 9.97 Å². The molecule has 0 aliphatic heterocycles. The van der Waals surface area contributed by atoms with Crippen LogP contribution in [-0.4, -0.2) is 9.97 Å². The average molecular weight is 765 g/mol. The molecule has 0 atom stereocenters. The van der Waals surface area contributed by atoms with Crippen molar-refractivity contribution < 1.29 is 4.42 Å². The zero-order chi connectivity index (χ0) is 39.6. The number of nitrogens with zero attached hydrogens (tertiary/aromatic N) is 2. The van der Waals surface area contributed by atoms with Gasteiger partial charge in [0.05, 0.1) is 16.8 Å². The van der Waals surface area contributed by atoms with Gasteiger partial charge in [-0.3, -0.25) is 0 Å². The number of hydrogen-bond acceptors (Lipinski definition) is 3. The molecular weight excluding hydrogens is 729 g/mol. The Hall–Kier alpha value is -7.88. The van der Waals surface area contributed by atoms with Crippen molar-refractivity contribution in [2.75, 3.05) is 0 Å². The second-order valence-corrected chi connectivity index (χ2v) is 15.6. The lowest BCUT2D eigenvalue weighted by Gasteiger charge is -2.33. The summed E-state index contributed by atoms with van der Waals surface area (Å²) in [6.07, 6.45) is 0. The molecule has 3 nitrogen and oxygen atoms in total. The third-order valence-electron chi connectivity index (χ3n) is 12.4. The predicted molar refractivity (Wildman–Crippen MR) is 246 cm³/mol. The molecule has 0 bridgehead atoms. The number of para-hydroxylation sites is 1. The zero-order valence-electron chi connectivity index (χ0n) is 32.6. The van der Waals surface area contributed by atoms with Crippen molar-refractivity contribution in [1.29, 1.82) is 0 Å². The second kappa shape index (κ2) is 13.6. The number of benzene rings is 9. The number of fused-ring (bicyclic) bond motifs is 7. The normalized spacial score (nSPS) is 12.8. The lowest BCUT2D eigenvalue weighted by Crippen LogP contribution is -2.28. The molecule has 0 saturated heterocycles. The van der Waals surface area contributed by atoms with Crippen molar-refractivity contribution in [3.63, 3.8) is 0 Å². The Morgan fingerprint density at radius 1 is 0.367 bits per heavy atom. The molecule has 11 aromatic rings. The molecule has 0 unspecified atom stereocenters. The molecule has 9 aromatic carbocycles. The second-order valence-electron chi connectivity index (χ2n) is 15.6. The van der Waals surface area contributed by atoms with E-state index in [2.05, 4.69) is 200 Å². The van der Waals surface area contributed by atoms with Gasteiger partial charge in [-0.05, 0) is 79.5 Å². The number of furan rings is 1. The molecule has 0 N–H and O–H groups in total. The molecule has 60 heavy (non-hydrogen) atoms. The maximum Gasteiger partial charge on any atom is 0.160 e. The minimum Gasteiger partial charge on any atom is -0.456 e. The third-order valence-corrected chi connectivity index (χ3v) is 12.4. The highest BCUT2D eigenvalue weighted by Crippen LogP contribution is 2.58. The van der Waals surface area contributed by atoms with Crippen LogP contribution in [0, 0.1) is 0 Å².